The third-order valence-electron chi connectivity index (χ3n) is 3.32. The molecule has 0 fully saturated rings. The molecule has 0 spiro atoms. The highest BCUT2D eigenvalue weighted by atomic mass is 35.5. The lowest BCUT2D eigenvalue weighted by Gasteiger charge is -2.13. The molecule has 0 amide bonds. The van der Waals surface area contributed by atoms with Gasteiger partial charge >= 0.3 is 0 Å². The second kappa shape index (κ2) is 7.29. The number of hydrogen-bond donors (Lipinski definition) is 2. The zero-order valence-corrected chi connectivity index (χ0v) is 15.1. The van der Waals surface area contributed by atoms with Gasteiger partial charge in [0.15, 0.2) is 14.9 Å². The van der Waals surface area contributed by atoms with Gasteiger partial charge in [0.1, 0.15) is 0 Å². The van der Waals surface area contributed by atoms with Gasteiger partial charge in [-0.2, -0.15) is 0 Å². The Morgan fingerprint density at radius 3 is 2.43 bits per heavy atom. The molecule has 122 valence electrons. The van der Waals surface area contributed by atoms with Gasteiger partial charge in [-0.1, -0.05) is 29.8 Å². The number of sulfone groups is 1. The second-order valence-corrected chi connectivity index (χ2v) is 7.97. The summed E-state index contributed by atoms with van der Waals surface area (Å²) in [5.74, 6) is 0. The molecule has 0 saturated carbocycles. The van der Waals surface area contributed by atoms with E-state index in [4.69, 9.17) is 23.8 Å². The maximum absolute atomic E-state index is 11.4. The maximum Gasteiger partial charge on any atom is 0.175 e. The predicted molar refractivity (Wildman–Crippen MR) is 98.8 cm³/mol. The minimum absolute atomic E-state index is 0.302. The fraction of sp³-hybridized carbons (Fsp3) is 0.188. The lowest BCUT2D eigenvalue weighted by atomic mass is 10.2. The van der Waals surface area contributed by atoms with Crippen LogP contribution >= 0.6 is 23.8 Å². The number of hydrogen-bond acceptors (Lipinski definition) is 3. The van der Waals surface area contributed by atoms with Crippen molar-refractivity contribution in [1.82, 2.24) is 5.32 Å². The summed E-state index contributed by atoms with van der Waals surface area (Å²) in [6.07, 6.45) is 1.19. The summed E-state index contributed by atoms with van der Waals surface area (Å²) in [6, 6.07) is 12.3. The van der Waals surface area contributed by atoms with Gasteiger partial charge in [-0.05, 0) is 54.5 Å². The van der Waals surface area contributed by atoms with Gasteiger partial charge in [-0.25, -0.2) is 8.42 Å². The number of anilines is 1. The minimum atomic E-state index is -3.17. The summed E-state index contributed by atoms with van der Waals surface area (Å²) in [4.78, 5) is 0.302. The first-order valence-electron chi connectivity index (χ1n) is 6.86. The Balaban J connectivity index is 1.95. The van der Waals surface area contributed by atoms with Crippen molar-refractivity contribution in [2.45, 2.75) is 18.4 Å². The van der Waals surface area contributed by atoms with E-state index in [1.54, 1.807) is 24.3 Å². The van der Waals surface area contributed by atoms with Crippen molar-refractivity contribution in [3.05, 3.63) is 58.6 Å². The molecule has 0 aliphatic rings. The van der Waals surface area contributed by atoms with E-state index in [-0.39, 0.29) is 0 Å². The molecule has 0 atom stereocenters. The van der Waals surface area contributed by atoms with Crippen LogP contribution in [0, 0.1) is 6.92 Å². The van der Waals surface area contributed by atoms with E-state index in [1.165, 1.54) is 6.26 Å². The van der Waals surface area contributed by atoms with E-state index in [0.29, 0.717) is 21.6 Å². The highest BCUT2D eigenvalue weighted by Crippen LogP contribution is 2.22. The Hall–Kier alpha value is -1.63. The molecule has 0 radical (unpaired) electrons. The number of benzene rings is 2. The van der Waals surface area contributed by atoms with Crippen LogP contribution in [-0.4, -0.2) is 19.8 Å². The molecular weight excluding hydrogens is 352 g/mol. The average Bonchev–Trinajstić information content (AvgIpc) is 2.49. The molecule has 0 saturated heterocycles. The fourth-order valence-electron chi connectivity index (χ4n) is 1.95. The van der Waals surface area contributed by atoms with Gasteiger partial charge in [0.25, 0.3) is 0 Å². The van der Waals surface area contributed by atoms with Gasteiger partial charge < -0.3 is 10.6 Å². The highest BCUT2D eigenvalue weighted by molar-refractivity contribution is 7.90. The van der Waals surface area contributed by atoms with Crippen LogP contribution in [0.4, 0.5) is 5.69 Å². The van der Waals surface area contributed by atoms with Crippen molar-refractivity contribution in [2.75, 3.05) is 11.6 Å². The predicted octanol–water partition coefficient (Wildman–Crippen LogP) is 3.54. The van der Waals surface area contributed by atoms with Crippen molar-refractivity contribution in [2.24, 2.45) is 0 Å². The number of nitrogens with one attached hydrogen (secondary N) is 2. The molecule has 2 aromatic carbocycles. The summed E-state index contributed by atoms with van der Waals surface area (Å²) in [5.41, 5.74) is 2.71. The van der Waals surface area contributed by atoms with Crippen molar-refractivity contribution < 1.29 is 8.42 Å². The fourth-order valence-corrected chi connectivity index (χ4v) is 2.93. The highest BCUT2D eigenvalue weighted by Gasteiger charge is 2.07. The van der Waals surface area contributed by atoms with Crippen LogP contribution in [-0.2, 0) is 16.4 Å². The van der Waals surface area contributed by atoms with Crippen LogP contribution in [0.15, 0.2) is 47.4 Å². The first-order chi connectivity index (χ1) is 10.8. The van der Waals surface area contributed by atoms with Crippen LogP contribution in [0.1, 0.15) is 11.1 Å². The molecule has 4 nitrogen and oxygen atoms in total. The number of thiocarbonyl (C=S) groups is 1. The quantitative estimate of drug-likeness (QED) is 0.808. The second-order valence-electron chi connectivity index (χ2n) is 5.14. The molecule has 7 heteroatoms. The molecule has 0 bridgehead atoms. The molecule has 2 aromatic rings. The van der Waals surface area contributed by atoms with Gasteiger partial charge in [0.2, 0.25) is 0 Å². The molecule has 23 heavy (non-hydrogen) atoms. The summed E-state index contributed by atoms with van der Waals surface area (Å²) in [7, 11) is -3.17. The Labute approximate surface area is 146 Å². The van der Waals surface area contributed by atoms with Crippen molar-refractivity contribution in [3.63, 3.8) is 0 Å². The van der Waals surface area contributed by atoms with Gasteiger partial charge in [0.05, 0.1) is 4.90 Å². The molecule has 0 aliphatic heterocycles. The minimum Gasteiger partial charge on any atom is -0.358 e. The van der Waals surface area contributed by atoms with E-state index in [1.807, 2.05) is 25.1 Å². The van der Waals surface area contributed by atoms with Gasteiger partial charge in [-0.15, -0.1) is 0 Å². The van der Waals surface area contributed by atoms with Gasteiger partial charge in [-0.3, -0.25) is 0 Å². The monoisotopic (exact) mass is 368 g/mol. The number of halogens is 1. The molecule has 2 N–H and O–H groups in total. The molecule has 0 unspecified atom stereocenters. The first kappa shape index (κ1) is 17.7. The zero-order valence-electron chi connectivity index (χ0n) is 12.8. The largest absolute Gasteiger partial charge is 0.358 e. The van der Waals surface area contributed by atoms with Crippen molar-refractivity contribution in [3.8, 4) is 0 Å². The average molecular weight is 369 g/mol. The first-order valence-corrected chi connectivity index (χ1v) is 9.54. The van der Waals surface area contributed by atoms with Crippen LogP contribution < -0.4 is 10.6 Å². The lowest BCUT2D eigenvalue weighted by molar-refractivity contribution is 0.602. The molecular formula is C16H17ClN2O2S2. The smallest absolute Gasteiger partial charge is 0.175 e. The topological polar surface area (TPSA) is 58.2 Å². The zero-order chi connectivity index (χ0) is 17.0. The third-order valence-corrected chi connectivity index (χ3v) is 5.10. The van der Waals surface area contributed by atoms with Crippen molar-refractivity contribution >= 4 is 44.5 Å². The third kappa shape index (κ3) is 4.92. The molecule has 0 aliphatic carbocycles. The van der Waals surface area contributed by atoms with E-state index in [2.05, 4.69) is 10.6 Å². The Bertz CT molecular complexity index is 818. The van der Waals surface area contributed by atoms with E-state index < -0.39 is 9.84 Å². The summed E-state index contributed by atoms with van der Waals surface area (Å²) < 4.78 is 22.8. The lowest BCUT2D eigenvalue weighted by Crippen LogP contribution is -2.28. The normalized spacial score (nSPS) is 11.1. The molecule has 2 rings (SSSR count). The Morgan fingerprint density at radius 1 is 1.17 bits per heavy atom. The SMILES string of the molecule is Cc1c(Cl)cccc1NC(=S)NCc1ccc(S(C)(=O)=O)cc1. The van der Waals surface area contributed by atoms with E-state index >= 15 is 0 Å². The standard InChI is InChI=1S/C16H17ClN2O2S2/c1-11-14(17)4-3-5-15(11)19-16(22)18-10-12-6-8-13(9-7-12)23(2,20)21/h3-9H,10H2,1-2H3,(H2,18,19,22). The molecule has 0 aromatic heterocycles. The van der Waals surface area contributed by atoms with Crippen LogP contribution in [0.25, 0.3) is 0 Å². The Morgan fingerprint density at radius 2 is 1.83 bits per heavy atom. The molecule has 0 heterocycles. The van der Waals surface area contributed by atoms with Crippen molar-refractivity contribution in [1.29, 1.82) is 0 Å². The van der Waals surface area contributed by atoms with Gasteiger partial charge in [0, 0.05) is 23.5 Å². The van der Waals surface area contributed by atoms with Crippen LogP contribution in [0.5, 0.6) is 0 Å². The number of rotatable bonds is 4. The van der Waals surface area contributed by atoms with E-state index in [0.717, 1.165) is 16.8 Å². The van der Waals surface area contributed by atoms with E-state index in [9.17, 15) is 8.42 Å². The Kier molecular flexibility index (Phi) is 5.62. The maximum atomic E-state index is 11.4. The summed E-state index contributed by atoms with van der Waals surface area (Å²) in [5, 5.41) is 7.33. The summed E-state index contributed by atoms with van der Waals surface area (Å²) in [6.45, 7) is 2.41. The summed E-state index contributed by atoms with van der Waals surface area (Å²) >= 11 is 11.3. The van der Waals surface area contributed by atoms with Crippen LogP contribution in [0.2, 0.25) is 5.02 Å². The van der Waals surface area contributed by atoms with Crippen LogP contribution in [0.3, 0.4) is 0 Å².